The van der Waals surface area contributed by atoms with Crippen molar-refractivity contribution in [3.8, 4) is 5.75 Å². The monoisotopic (exact) mass is 277 g/mol. The number of β-amino-alcohol motifs (C(OH)–C–C–N with tert-alkyl or cyclic N) is 1. The fraction of sp³-hybridized carbons (Fsp3) is 0.500. The lowest BCUT2D eigenvalue weighted by Gasteiger charge is -2.39. The quantitative estimate of drug-likeness (QED) is 0.665. The minimum atomic E-state index is -0.708. The van der Waals surface area contributed by atoms with Gasteiger partial charge in [-0.3, -0.25) is 4.79 Å². The number of nitrogen functional groups attached to an aromatic ring is 1. The van der Waals surface area contributed by atoms with Crippen LogP contribution in [-0.4, -0.2) is 36.3 Å². The smallest absolute Gasteiger partial charge is 0.262 e. The standard InChI is InChI=1S/C14H19N3O3/c1-14(19)3-2-4-17(8-14)11-6-10-12(5-9(11)15)20-7-13(18)16-10/h5-6,19H,2-4,7-8,15H2,1H3,(H,16,18). The molecule has 1 amide bonds. The second-order valence-electron chi connectivity index (χ2n) is 5.77. The molecule has 2 aliphatic rings. The van der Waals surface area contributed by atoms with Crippen molar-refractivity contribution in [1.29, 1.82) is 0 Å². The third kappa shape index (κ3) is 2.38. The maximum absolute atomic E-state index is 11.4. The number of nitrogens with zero attached hydrogens (tertiary/aromatic N) is 1. The molecule has 1 atom stereocenters. The summed E-state index contributed by atoms with van der Waals surface area (Å²) in [5.74, 6) is 0.425. The van der Waals surface area contributed by atoms with Crippen molar-refractivity contribution >= 4 is 23.0 Å². The van der Waals surface area contributed by atoms with E-state index in [0.717, 1.165) is 25.1 Å². The van der Waals surface area contributed by atoms with Crippen molar-refractivity contribution in [2.45, 2.75) is 25.4 Å². The van der Waals surface area contributed by atoms with E-state index in [0.29, 0.717) is 23.7 Å². The molecule has 1 unspecified atom stereocenters. The highest BCUT2D eigenvalue weighted by molar-refractivity contribution is 5.97. The maximum Gasteiger partial charge on any atom is 0.262 e. The molecular weight excluding hydrogens is 258 g/mol. The number of nitrogens with two attached hydrogens (primary N) is 1. The van der Waals surface area contributed by atoms with Crippen LogP contribution in [0.15, 0.2) is 12.1 Å². The van der Waals surface area contributed by atoms with Crippen LogP contribution in [0.5, 0.6) is 5.75 Å². The number of ether oxygens (including phenoxy) is 1. The molecule has 1 aromatic carbocycles. The fourth-order valence-corrected chi connectivity index (χ4v) is 2.83. The number of anilines is 3. The summed E-state index contributed by atoms with van der Waals surface area (Å²) in [5.41, 5.74) is 7.43. The number of piperidine rings is 1. The molecule has 1 saturated heterocycles. The second-order valence-corrected chi connectivity index (χ2v) is 5.77. The molecule has 1 aromatic rings. The van der Waals surface area contributed by atoms with Gasteiger partial charge in [0.1, 0.15) is 5.75 Å². The maximum atomic E-state index is 11.4. The molecule has 0 bridgehead atoms. The molecule has 2 aliphatic heterocycles. The van der Waals surface area contributed by atoms with Gasteiger partial charge in [-0.1, -0.05) is 0 Å². The number of amides is 1. The van der Waals surface area contributed by atoms with Crippen molar-refractivity contribution in [3.63, 3.8) is 0 Å². The van der Waals surface area contributed by atoms with Crippen LogP contribution in [-0.2, 0) is 4.79 Å². The van der Waals surface area contributed by atoms with Crippen molar-refractivity contribution < 1.29 is 14.6 Å². The predicted molar refractivity (Wildman–Crippen MR) is 77.0 cm³/mol. The summed E-state index contributed by atoms with van der Waals surface area (Å²) in [6.07, 6.45) is 1.70. The van der Waals surface area contributed by atoms with Gasteiger partial charge in [0.2, 0.25) is 0 Å². The molecule has 0 spiro atoms. The lowest BCUT2D eigenvalue weighted by Crippen LogP contribution is -2.46. The first-order chi connectivity index (χ1) is 9.44. The molecule has 108 valence electrons. The average Bonchev–Trinajstić information content (AvgIpc) is 2.37. The number of nitrogens with one attached hydrogen (secondary N) is 1. The van der Waals surface area contributed by atoms with Gasteiger partial charge in [-0.25, -0.2) is 0 Å². The Morgan fingerprint density at radius 2 is 2.30 bits per heavy atom. The minimum Gasteiger partial charge on any atom is -0.482 e. The van der Waals surface area contributed by atoms with Gasteiger partial charge in [0.15, 0.2) is 6.61 Å². The lowest BCUT2D eigenvalue weighted by molar-refractivity contribution is -0.118. The number of carbonyl (C=O) groups is 1. The topological polar surface area (TPSA) is 87.8 Å². The van der Waals surface area contributed by atoms with E-state index >= 15 is 0 Å². The predicted octanol–water partition coefficient (Wildman–Crippen LogP) is 0.951. The van der Waals surface area contributed by atoms with Crippen molar-refractivity contribution in [2.24, 2.45) is 0 Å². The second kappa shape index (κ2) is 4.56. The van der Waals surface area contributed by atoms with E-state index in [4.69, 9.17) is 10.5 Å². The molecule has 20 heavy (non-hydrogen) atoms. The molecule has 0 aliphatic carbocycles. The third-order valence-corrected chi connectivity index (χ3v) is 3.78. The lowest BCUT2D eigenvalue weighted by atomic mass is 9.94. The number of carbonyl (C=O) groups excluding carboxylic acids is 1. The highest BCUT2D eigenvalue weighted by Crippen LogP contribution is 2.38. The Balaban J connectivity index is 1.93. The molecular formula is C14H19N3O3. The van der Waals surface area contributed by atoms with Crippen molar-refractivity contribution in [3.05, 3.63) is 12.1 Å². The highest BCUT2D eigenvalue weighted by atomic mass is 16.5. The van der Waals surface area contributed by atoms with E-state index in [-0.39, 0.29) is 12.5 Å². The van der Waals surface area contributed by atoms with Gasteiger partial charge >= 0.3 is 0 Å². The zero-order valence-corrected chi connectivity index (χ0v) is 11.5. The van der Waals surface area contributed by atoms with Gasteiger partial charge in [0.05, 0.1) is 22.7 Å². The Bertz CT molecular complexity index is 557. The first-order valence-corrected chi connectivity index (χ1v) is 6.78. The van der Waals surface area contributed by atoms with Crippen LogP contribution >= 0.6 is 0 Å². The molecule has 1 fully saturated rings. The first-order valence-electron chi connectivity index (χ1n) is 6.78. The molecule has 0 radical (unpaired) electrons. The molecule has 4 N–H and O–H groups in total. The van der Waals surface area contributed by atoms with E-state index in [9.17, 15) is 9.90 Å². The minimum absolute atomic E-state index is 0.0181. The van der Waals surface area contributed by atoms with Gasteiger partial charge in [-0.05, 0) is 25.8 Å². The molecule has 0 saturated carbocycles. The van der Waals surface area contributed by atoms with Gasteiger partial charge < -0.3 is 25.8 Å². The summed E-state index contributed by atoms with van der Waals surface area (Å²) in [6.45, 7) is 3.22. The van der Waals surface area contributed by atoms with Crippen LogP contribution in [0.1, 0.15) is 19.8 Å². The van der Waals surface area contributed by atoms with Gasteiger partial charge in [-0.15, -0.1) is 0 Å². The van der Waals surface area contributed by atoms with Gasteiger partial charge in [0, 0.05) is 19.2 Å². The Labute approximate surface area is 117 Å². The number of fused-ring (bicyclic) bond motifs is 1. The third-order valence-electron chi connectivity index (χ3n) is 3.78. The fourth-order valence-electron chi connectivity index (χ4n) is 2.83. The van der Waals surface area contributed by atoms with E-state index in [1.807, 2.05) is 13.0 Å². The van der Waals surface area contributed by atoms with Crippen LogP contribution < -0.4 is 20.7 Å². The van der Waals surface area contributed by atoms with Gasteiger partial charge in [-0.2, -0.15) is 0 Å². The van der Waals surface area contributed by atoms with E-state index in [1.54, 1.807) is 6.07 Å². The summed E-state index contributed by atoms with van der Waals surface area (Å²) in [5, 5.41) is 13.0. The summed E-state index contributed by atoms with van der Waals surface area (Å²) in [6, 6.07) is 3.55. The SMILES string of the molecule is CC1(O)CCCN(c2cc3c(cc2N)OCC(=O)N3)C1. The summed E-state index contributed by atoms with van der Waals surface area (Å²) in [7, 11) is 0. The van der Waals surface area contributed by atoms with Gasteiger partial charge in [0.25, 0.3) is 5.91 Å². The Hall–Kier alpha value is -1.95. The largest absolute Gasteiger partial charge is 0.482 e. The number of rotatable bonds is 1. The van der Waals surface area contributed by atoms with Crippen LogP contribution in [0, 0.1) is 0 Å². The Kier molecular flexibility index (Phi) is 2.97. The molecule has 6 nitrogen and oxygen atoms in total. The number of hydrogen-bond donors (Lipinski definition) is 3. The highest BCUT2D eigenvalue weighted by Gasteiger charge is 2.30. The molecule has 6 heteroatoms. The average molecular weight is 277 g/mol. The number of aliphatic hydroxyl groups is 1. The van der Waals surface area contributed by atoms with E-state index in [2.05, 4.69) is 10.2 Å². The Morgan fingerprint density at radius 3 is 3.05 bits per heavy atom. The van der Waals surface area contributed by atoms with Crippen LogP contribution in [0.3, 0.4) is 0 Å². The first kappa shape index (κ1) is 13.1. The number of hydrogen-bond acceptors (Lipinski definition) is 5. The van der Waals surface area contributed by atoms with Crippen LogP contribution in [0.25, 0.3) is 0 Å². The molecule has 2 heterocycles. The normalized spacial score (nSPS) is 25.7. The van der Waals surface area contributed by atoms with Crippen molar-refractivity contribution in [2.75, 3.05) is 35.6 Å². The zero-order valence-electron chi connectivity index (χ0n) is 11.5. The Morgan fingerprint density at radius 1 is 1.50 bits per heavy atom. The van der Waals surface area contributed by atoms with Crippen LogP contribution in [0.4, 0.5) is 17.1 Å². The summed E-state index contributed by atoms with van der Waals surface area (Å²) in [4.78, 5) is 13.4. The van der Waals surface area contributed by atoms with E-state index < -0.39 is 5.60 Å². The van der Waals surface area contributed by atoms with Crippen molar-refractivity contribution in [1.82, 2.24) is 0 Å². The molecule has 0 aromatic heterocycles. The number of benzene rings is 1. The summed E-state index contributed by atoms with van der Waals surface area (Å²) < 4.78 is 5.34. The van der Waals surface area contributed by atoms with E-state index in [1.165, 1.54) is 0 Å². The van der Waals surface area contributed by atoms with Crippen LogP contribution in [0.2, 0.25) is 0 Å². The summed E-state index contributed by atoms with van der Waals surface area (Å²) >= 11 is 0. The molecule has 3 rings (SSSR count). The zero-order chi connectivity index (χ0) is 14.3.